The fourth-order valence-electron chi connectivity index (χ4n) is 8.47. The van der Waals surface area contributed by atoms with Crippen molar-refractivity contribution in [2.45, 2.75) is 91.1 Å². The number of hydrogen-bond donors (Lipinski definition) is 0. The summed E-state index contributed by atoms with van der Waals surface area (Å²) < 4.78 is 6.27. The fourth-order valence-corrected chi connectivity index (χ4v) is 8.47. The molecule has 5 rings (SSSR count). The number of rotatable bonds is 4. The summed E-state index contributed by atoms with van der Waals surface area (Å²) in [6.45, 7) is 14.3. The highest BCUT2D eigenvalue weighted by Gasteiger charge is 2.67. The molecule has 0 amide bonds. The van der Waals surface area contributed by atoms with Crippen LogP contribution < -0.4 is 0 Å². The Balaban J connectivity index is 0.00000148. The number of carbonyl (C=O) groups excluding carboxylic acids is 3. The topological polar surface area (TPSA) is 60.4 Å². The second kappa shape index (κ2) is 9.76. The molecule has 0 spiro atoms. The maximum atomic E-state index is 13.3. The van der Waals surface area contributed by atoms with Gasteiger partial charge >= 0.3 is 5.97 Å². The van der Waals surface area contributed by atoms with Crippen LogP contribution in [0.1, 0.15) is 95.0 Å². The number of aryl methyl sites for hydroxylation is 1. The summed E-state index contributed by atoms with van der Waals surface area (Å²) >= 11 is 0. The molecule has 0 radical (unpaired) electrons. The van der Waals surface area contributed by atoms with Gasteiger partial charge in [0.15, 0.2) is 17.2 Å². The normalized spacial score (nSPS) is 36.8. The lowest BCUT2D eigenvalue weighted by Gasteiger charge is -2.59. The average molecular weight is 491 g/mol. The summed E-state index contributed by atoms with van der Waals surface area (Å²) in [5, 5.41) is 0. The van der Waals surface area contributed by atoms with Gasteiger partial charge in [0.2, 0.25) is 0 Å². The van der Waals surface area contributed by atoms with Gasteiger partial charge < -0.3 is 4.74 Å². The minimum Gasteiger partial charge on any atom is -0.447 e. The van der Waals surface area contributed by atoms with Crippen LogP contribution in [0.4, 0.5) is 0 Å². The van der Waals surface area contributed by atoms with Crippen molar-refractivity contribution in [1.29, 1.82) is 0 Å². The van der Waals surface area contributed by atoms with Gasteiger partial charge in [-0.3, -0.25) is 9.59 Å². The molecule has 1 aromatic rings. The van der Waals surface area contributed by atoms with E-state index in [1.807, 2.05) is 30.3 Å². The van der Waals surface area contributed by atoms with Crippen LogP contribution in [0.5, 0.6) is 0 Å². The van der Waals surface area contributed by atoms with Crippen molar-refractivity contribution in [3.05, 3.63) is 60.2 Å². The zero-order chi connectivity index (χ0) is 26.3. The molecule has 0 aromatic heterocycles. The second-order valence-corrected chi connectivity index (χ2v) is 11.8. The van der Waals surface area contributed by atoms with E-state index in [1.54, 1.807) is 6.92 Å². The molecule has 0 saturated heterocycles. The molecule has 36 heavy (non-hydrogen) atoms. The largest absolute Gasteiger partial charge is 0.447 e. The highest BCUT2D eigenvalue weighted by atomic mass is 16.6. The predicted molar refractivity (Wildman–Crippen MR) is 143 cm³/mol. The Morgan fingerprint density at radius 2 is 1.64 bits per heavy atom. The van der Waals surface area contributed by atoms with Crippen LogP contribution in [-0.2, 0) is 20.7 Å². The van der Waals surface area contributed by atoms with Crippen molar-refractivity contribution < 1.29 is 19.1 Å². The van der Waals surface area contributed by atoms with Gasteiger partial charge in [-0.2, -0.15) is 0 Å². The second-order valence-electron chi connectivity index (χ2n) is 11.8. The number of hydrogen-bond acceptors (Lipinski definition) is 4. The van der Waals surface area contributed by atoms with E-state index in [0.717, 1.165) is 44.9 Å². The Morgan fingerprint density at radius 3 is 2.28 bits per heavy atom. The maximum Gasteiger partial charge on any atom is 0.339 e. The van der Waals surface area contributed by atoms with E-state index in [-0.39, 0.29) is 28.4 Å². The monoisotopic (exact) mass is 490 g/mol. The highest BCUT2D eigenvalue weighted by molar-refractivity contribution is 5.95. The third-order valence-corrected chi connectivity index (χ3v) is 10.5. The van der Waals surface area contributed by atoms with Crippen LogP contribution in [0.3, 0.4) is 0 Å². The van der Waals surface area contributed by atoms with Crippen molar-refractivity contribution in [3.63, 3.8) is 0 Å². The van der Waals surface area contributed by atoms with Gasteiger partial charge in [-0.1, -0.05) is 38.5 Å². The van der Waals surface area contributed by atoms with Gasteiger partial charge in [-0.05, 0) is 105 Å². The first-order valence-corrected chi connectivity index (χ1v) is 13.7. The number of fused-ring (bicyclic) bond motifs is 5. The molecule has 4 nitrogen and oxygen atoms in total. The number of Topliss-reactive ketones (excluding diaryl/α,β-unsaturated/α-hetero) is 1. The lowest BCUT2D eigenvalue weighted by atomic mass is 9.46. The SMILES string of the molecule is C=C.CCc1ccc(C(=O)O[C@]2(C(C)=O)CC[C@H]3[C@@H]4CCC5=CC(=O)CC[C@]5(C)[C@H]4CC[C@@]32C)cc1. The van der Waals surface area contributed by atoms with Gasteiger partial charge in [0.25, 0.3) is 0 Å². The number of carbonyl (C=O) groups is 3. The molecule has 194 valence electrons. The van der Waals surface area contributed by atoms with E-state index >= 15 is 0 Å². The molecule has 0 unspecified atom stereocenters. The Morgan fingerprint density at radius 1 is 0.972 bits per heavy atom. The molecule has 1 aromatic carbocycles. The average Bonchev–Trinajstić information content (AvgIpc) is 3.19. The molecular formula is C32H42O4. The third-order valence-electron chi connectivity index (χ3n) is 10.5. The molecule has 6 atom stereocenters. The van der Waals surface area contributed by atoms with Gasteiger partial charge in [0, 0.05) is 11.8 Å². The number of benzene rings is 1. The highest BCUT2D eigenvalue weighted by Crippen LogP contribution is 2.68. The van der Waals surface area contributed by atoms with Gasteiger partial charge in [-0.25, -0.2) is 4.79 Å². The van der Waals surface area contributed by atoms with E-state index in [0.29, 0.717) is 36.2 Å². The maximum absolute atomic E-state index is 13.3. The molecular weight excluding hydrogens is 448 g/mol. The summed E-state index contributed by atoms with van der Waals surface area (Å²) in [6.07, 6.45) is 9.95. The number of ether oxygens (including phenoxy) is 1. The number of ketones is 2. The number of esters is 1. The summed E-state index contributed by atoms with van der Waals surface area (Å²) in [5.74, 6) is 1.30. The molecule has 0 heterocycles. The van der Waals surface area contributed by atoms with E-state index in [1.165, 1.54) is 11.1 Å². The third kappa shape index (κ3) is 3.92. The summed E-state index contributed by atoms with van der Waals surface area (Å²) in [4.78, 5) is 38.6. The quantitative estimate of drug-likeness (QED) is 0.335. The predicted octanol–water partition coefficient (Wildman–Crippen LogP) is 7.07. The standard InChI is InChI=1S/C30H38O4.C2H4/c1-5-20-6-8-21(9-7-20)27(33)34-30(19(2)31)17-14-26-24-11-10-22-18-23(32)12-15-28(22,3)25(24)13-16-29(26,30)4;1-2/h6-9,18,24-26H,5,10-17H2,1-4H3;1-2H2/t24-,25+,26+,28+,29+,30+;/m1./s1. The lowest BCUT2D eigenvalue weighted by molar-refractivity contribution is -0.161. The fraction of sp³-hybridized carbons (Fsp3) is 0.594. The molecule has 3 saturated carbocycles. The first-order chi connectivity index (χ1) is 17.1. The van der Waals surface area contributed by atoms with Gasteiger partial charge in [0.1, 0.15) is 0 Å². The Labute approximate surface area is 216 Å². The molecule has 0 aliphatic heterocycles. The van der Waals surface area contributed by atoms with Crippen molar-refractivity contribution in [2.75, 3.05) is 0 Å². The Kier molecular flexibility index (Phi) is 7.20. The van der Waals surface area contributed by atoms with E-state index < -0.39 is 5.60 Å². The van der Waals surface area contributed by atoms with E-state index in [9.17, 15) is 14.4 Å². The van der Waals surface area contributed by atoms with Crippen molar-refractivity contribution >= 4 is 17.5 Å². The van der Waals surface area contributed by atoms with E-state index in [2.05, 4.69) is 33.9 Å². The minimum atomic E-state index is -1.05. The van der Waals surface area contributed by atoms with Gasteiger partial charge in [0.05, 0.1) is 5.56 Å². The first kappa shape index (κ1) is 26.6. The first-order valence-electron chi connectivity index (χ1n) is 13.7. The lowest BCUT2D eigenvalue weighted by Crippen LogP contribution is -2.58. The zero-order valence-electron chi connectivity index (χ0n) is 22.5. The molecule has 0 N–H and O–H groups in total. The summed E-state index contributed by atoms with van der Waals surface area (Å²) in [5.41, 5.74) is 1.74. The number of allylic oxidation sites excluding steroid dienone is 1. The smallest absolute Gasteiger partial charge is 0.339 e. The molecule has 3 fully saturated rings. The molecule has 4 aliphatic carbocycles. The van der Waals surface area contributed by atoms with Crippen molar-refractivity contribution in [3.8, 4) is 0 Å². The van der Waals surface area contributed by atoms with Crippen molar-refractivity contribution in [2.24, 2.45) is 28.6 Å². The molecule has 4 aliphatic rings. The summed E-state index contributed by atoms with van der Waals surface area (Å²) in [7, 11) is 0. The Hall–Kier alpha value is -2.49. The van der Waals surface area contributed by atoms with E-state index in [4.69, 9.17) is 4.74 Å². The summed E-state index contributed by atoms with van der Waals surface area (Å²) in [6, 6.07) is 7.57. The van der Waals surface area contributed by atoms with Crippen LogP contribution in [0.2, 0.25) is 0 Å². The Bertz CT molecular complexity index is 1070. The molecule has 4 heteroatoms. The van der Waals surface area contributed by atoms with Crippen molar-refractivity contribution in [1.82, 2.24) is 0 Å². The van der Waals surface area contributed by atoms with Gasteiger partial charge in [-0.15, -0.1) is 13.2 Å². The van der Waals surface area contributed by atoms with Crippen LogP contribution in [0.15, 0.2) is 49.1 Å². The molecule has 0 bridgehead atoms. The van der Waals surface area contributed by atoms with Crippen LogP contribution in [-0.4, -0.2) is 23.1 Å². The van der Waals surface area contributed by atoms with Crippen LogP contribution in [0, 0.1) is 28.6 Å². The van der Waals surface area contributed by atoms with Crippen LogP contribution >= 0.6 is 0 Å². The minimum absolute atomic E-state index is 0.0136. The zero-order valence-corrected chi connectivity index (χ0v) is 22.5. The van der Waals surface area contributed by atoms with Crippen LogP contribution in [0.25, 0.3) is 0 Å².